The number of aryl methyl sites for hydroxylation is 1. The highest BCUT2D eigenvalue weighted by atomic mass is 79.9. The Hall–Kier alpha value is -1.20. The van der Waals surface area contributed by atoms with Gasteiger partial charge in [0.2, 0.25) is 11.7 Å². The fourth-order valence-electron chi connectivity index (χ4n) is 1.33. The summed E-state index contributed by atoms with van der Waals surface area (Å²) in [5.41, 5.74) is 7.74. The van der Waals surface area contributed by atoms with Crippen LogP contribution in [0.2, 0.25) is 0 Å². The van der Waals surface area contributed by atoms with E-state index in [1.54, 1.807) is 0 Å². The molecule has 0 spiro atoms. The summed E-state index contributed by atoms with van der Waals surface area (Å²) >= 11 is 3.48. The van der Waals surface area contributed by atoms with Gasteiger partial charge in [-0.3, -0.25) is 0 Å². The second-order valence-electron chi connectivity index (χ2n) is 3.73. The lowest BCUT2D eigenvalue weighted by Crippen LogP contribution is -2.04. The highest BCUT2D eigenvalue weighted by Crippen LogP contribution is 2.27. The minimum Gasteiger partial charge on any atom is -0.337 e. The maximum absolute atomic E-state index is 5.66. The molecule has 0 aliphatic rings. The summed E-state index contributed by atoms with van der Waals surface area (Å²) in [5, 5.41) is 3.90. The van der Waals surface area contributed by atoms with Crippen molar-refractivity contribution in [1.29, 1.82) is 0 Å². The summed E-state index contributed by atoms with van der Waals surface area (Å²) in [6.45, 7) is 3.83. The Bertz CT molecular complexity index is 508. The minimum absolute atomic E-state index is 0.245. The van der Waals surface area contributed by atoms with Gasteiger partial charge in [0.05, 0.1) is 6.04 Å². The molecule has 1 atom stereocenters. The monoisotopic (exact) mass is 281 g/mol. The first-order valence-corrected chi connectivity index (χ1v) is 5.73. The number of hydrogen-bond acceptors (Lipinski definition) is 4. The van der Waals surface area contributed by atoms with Gasteiger partial charge in [0, 0.05) is 10.0 Å². The molecule has 2 rings (SSSR count). The average Bonchev–Trinajstić information content (AvgIpc) is 2.66. The van der Waals surface area contributed by atoms with E-state index in [-0.39, 0.29) is 6.04 Å². The van der Waals surface area contributed by atoms with Gasteiger partial charge in [0.25, 0.3) is 0 Å². The van der Waals surface area contributed by atoms with Gasteiger partial charge in [-0.2, -0.15) is 4.98 Å². The standard InChI is InChI=1S/C11H12BrN3O/c1-6-3-4-8(9(12)5-6)10-14-11(7(2)13)16-15-10/h3-5,7H,13H2,1-2H3/t7-/m1/s1. The van der Waals surface area contributed by atoms with Crippen molar-refractivity contribution in [2.24, 2.45) is 5.73 Å². The van der Waals surface area contributed by atoms with Gasteiger partial charge in [0.1, 0.15) is 0 Å². The minimum atomic E-state index is -0.245. The molecule has 0 amide bonds. The Morgan fingerprint density at radius 2 is 2.19 bits per heavy atom. The fraction of sp³-hybridized carbons (Fsp3) is 0.273. The third-order valence-electron chi connectivity index (χ3n) is 2.20. The van der Waals surface area contributed by atoms with E-state index in [2.05, 4.69) is 26.1 Å². The highest BCUT2D eigenvalue weighted by molar-refractivity contribution is 9.10. The zero-order chi connectivity index (χ0) is 11.7. The summed E-state index contributed by atoms with van der Waals surface area (Å²) in [6.07, 6.45) is 0. The third-order valence-corrected chi connectivity index (χ3v) is 2.85. The van der Waals surface area contributed by atoms with E-state index >= 15 is 0 Å². The van der Waals surface area contributed by atoms with Crippen LogP contribution in [-0.2, 0) is 0 Å². The Morgan fingerprint density at radius 1 is 1.44 bits per heavy atom. The number of rotatable bonds is 2. The van der Waals surface area contributed by atoms with Crippen LogP contribution in [0, 0.1) is 6.92 Å². The molecule has 0 fully saturated rings. The largest absolute Gasteiger partial charge is 0.337 e. The molecule has 0 unspecified atom stereocenters. The molecule has 0 saturated heterocycles. The van der Waals surface area contributed by atoms with E-state index in [1.807, 2.05) is 32.0 Å². The molecule has 1 aromatic heterocycles. The van der Waals surface area contributed by atoms with Crippen molar-refractivity contribution in [1.82, 2.24) is 10.1 Å². The maximum Gasteiger partial charge on any atom is 0.243 e. The van der Waals surface area contributed by atoms with Gasteiger partial charge in [-0.05, 0) is 31.5 Å². The van der Waals surface area contributed by atoms with Crippen LogP contribution in [0.1, 0.15) is 24.4 Å². The molecule has 5 heteroatoms. The molecule has 0 bridgehead atoms. The third kappa shape index (κ3) is 2.15. The van der Waals surface area contributed by atoms with Crippen LogP contribution >= 0.6 is 15.9 Å². The van der Waals surface area contributed by atoms with E-state index < -0.39 is 0 Å². The van der Waals surface area contributed by atoms with Crippen molar-refractivity contribution in [3.63, 3.8) is 0 Å². The lowest BCUT2D eigenvalue weighted by molar-refractivity contribution is 0.362. The van der Waals surface area contributed by atoms with Crippen molar-refractivity contribution in [3.8, 4) is 11.4 Å². The molecule has 1 aromatic carbocycles. The SMILES string of the molecule is Cc1ccc(-c2noc([C@@H](C)N)n2)c(Br)c1. The molecule has 16 heavy (non-hydrogen) atoms. The molecule has 4 nitrogen and oxygen atoms in total. The molecule has 0 saturated carbocycles. The number of hydrogen-bond donors (Lipinski definition) is 1. The first-order chi connectivity index (χ1) is 7.58. The molecule has 2 aromatic rings. The van der Waals surface area contributed by atoms with E-state index in [4.69, 9.17) is 10.3 Å². The summed E-state index contributed by atoms with van der Waals surface area (Å²) in [4.78, 5) is 4.24. The smallest absolute Gasteiger partial charge is 0.243 e. The zero-order valence-electron chi connectivity index (χ0n) is 9.07. The maximum atomic E-state index is 5.66. The van der Waals surface area contributed by atoms with E-state index in [0.29, 0.717) is 11.7 Å². The number of nitrogens with zero attached hydrogens (tertiary/aromatic N) is 2. The fourth-order valence-corrected chi connectivity index (χ4v) is 2.00. The van der Waals surface area contributed by atoms with Crippen LogP contribution in [0.25, 0.3) is 11.4 Å². The van der Waals surface area contributed by atoms with E-state index in [9.17, 15) is 0 Å². The second kappa shape index (κ2) is 4.35. The van der Waals surface area contributed by atoms with Gasteiger partial charge < -0.3 is 10.3 Å². The molecule has 0 radical (unpaired) electrons. The van der Waals surface area contributed by atoms with Crippen LogP contribution in [0.4, 0.5) is 0 Å². The van der Waals surface area contributed by atoms with Crippen molar-refractivity contribution >= 4 is 15.9 Å². The summed E-state index contributed by atoms with van der Waals surface area (Å²) in [5.74, 6) is 1.00. The van der Waals surface area contributed by atoms with Crippen molar-refractivity contribution in [2.75, 3.05) is 0 Å². The molecular formula is C11H12BrN3O. The molecule has 84 valence electrons. The average molecular weight is 282 g/mol. The lowest BCUT2D eigenvalue weighted by Gasteiger charge is -2.00. The predicted molar refractivity (Wildman–Crippen MR) is 64.8 cm³/mol. The van der Waals surface area contributed by atoms with Gasteiger partial charge in [0.15, 0.2) is 0 Å². The van der Waals surface area contributed by atoms with Crippen molar-refractivity contribution in [2.45, 2.75) is 19.9 Å². The number of halogens is 1. The van der Waals surface area contributed by atoms with Gasteiger partial charge in [-0.15, -0.1) is 0 Å². The number of nitrogens with two attached hydrogens (primary N) is 1. The Balaban J connectivity index is 2.42. The molecule has 2 N–H and O–H groups in total. The van der Waals surface area contributed by atoms with Crippen LogP contribution in [0.15, 0.2) is 27.2 Å². The predicted octanol–water partition coefficient (Wildman–Crippen LogP) is 2.83. The molecular weight excluding hydrogens is 270 g/mol. The number of benzene rings is 1. The first kappa shape index (κ1) is 11.3. The van der Waals surface area contributed by atoms with Gasteiger partial charge in [-0.25, -0.2) is 0 Å². The first-order valence-electron chi connectivity index (χ1n) is 4.93. The van der Waals surface area contributed by atoms with Crippen molar-refractivity contribution in [3.05, 3.63) is 34.1 Å². The van der Waals surface area contributed by atoms with Gasteiger partial charge in [-0.1, -0.05) is 27.2 Å². The topological polar surface area (TPSA) is 64.9 Å². The Labute approximate surface area is 102 Å². The Morgan fingerprint density at radius 3 is 2.75 bits per heavy atom. The van der Waals surface area contributed by atoms with Crippen LogP contribution in [0.3, 0.4) is 0 Å². The molecule has 0 aliphatic carbocycles. The molecule has 1 heterocycles. The zero-order valence-corrected chi connectivity index (χ0v) is 10.7. The lowest BCUT2D eigenvalue weighted by atomic mass is 10.1. The second-order valence-corrected chi connectivity index (χ2v) is 4.58. The Kier molecular flexibility index (Phi) is 3.07. The van der Waals surface area contributed by atoms with Gasteiger partial charge >= 0.3 is 0 Å². The van der Waals surface area contributed by atoms with E-state index in [1.165, 1.54) is 5.56 Å². The summed E-state index contributed by atoms with van der Waals surface area (Å²) < 4.78 is 6.01. The number of aromatic nitrogens is 2. The van der Waals surface area contributed by atoms with E-state index in [0.717, 1.165) is 10.0 Å². The summed E-state index contributed by atoms with van der Waals surface area (Å²) in [7, 11) is 0. The molecule has 0 aliphatic heterocycles. The normalized spacial score (nSPS) is 12.8. The summed E-state index contributed by atoms with van der Waals surface area (Å²) in [6, 6.07) is 5.72. The van der Waals surface area contributed by atoms with Crippen LogP contribution < -0.4 is 5.73 Å². The highest BCUT2D eigenvalue weighted by Gasteiger charge is 2.13. The van der Waals surface area contributed by atoms with Crippen LogP contribution in [-0.4, -0.2) is 10.1 Å². The van der Waals surface area contributed by atoms with Crippen molar-refractivity contribution < 1.29 is 4.52 Å². The van der Waals surface area contributed by atoms with Crippen LogP contribution in [0.5, 0.6) is 0 Å². The quantitative estimate of drug-likeness (QED) is 0.919.